The van der Waals surface area contributed by atoms with Crippen LogP contribution in [0.1, 0.15) is 32.1 Å². The summed E-state index contributed by atoms with van der Waals surface area (Å²) in [5.74, 6) is 1.59. The van der Waals surface area contributed by atoms with E-state index in [4.69, 9.17) is 0 Å². The third kappa shape index (κ3) is 3.94. The predicted octanol–water partition coefficient (Wildman–Crippen LogP) is 2.01. The lowest BCUT2D eigenvalue weighted by molar-refractivity contribution is -0.116. The lowest BCUT2D eigenvalue weighted by Crippen LogP contribution is -2.30. The number of hydrogen-bond acceptors (Lipinski definition) is 4. The fraction of sp³-hybridized carbons (Fsp3) is 0.625. The summed E-state index contributed by atoms with van der Waals surface area (Å²) < 4.78 is 0. The normalized spacial score (nSPS) is 22.3. The molecule has 2 N–H and O–H groups in total. The Morgan fingerprint density at radius 1 is 1.33 bits per heavy atom. The molecule has 3 rings (SSSR count). The lowest BCUT2D eigenvalue weighted by Gasteiger charge is -2.27. The van der Waals surface area contributed by atoms with E-state index in [0.717, 1.165) is 44.1 Å². The van der Waals surface area contributed by atoms with E-state index in [9.17, 15) is 4.79 Å². The van der Waals surface area contributed by atoms with Crippen LogP contribution in [0.5, 0.6) is 0 Å². The zero-order valence-electron chi connectivity index (χ0n) is 12.5. The van der Waals surface area contributed by atoms with E-state index >= 15 is 0 Å². The molecule has 0 aliphatic carbocycles. The van der Waals surface area contributed by atoms with Gasteiger partial charge in [-0.15, -0.1) is 0 Å². The highest BCUT2D eigenvalue weighted by atomic mass is 16.1. The molecule has 5 nitrogen and oxygen atoms in total. The summed E-state index contributed by atoms with van der Waals surface area (Å²) in [6.45, 7) is 4.17. The molecule has 1 atom stereocenters. The summed E-state index contributed by atoms with van der Waals surface area (Å²) in [6, 6.07) is 3.97. The molecule has 1 aromatic rings. The molecule has 1 amide bonds. The van der Waals surface area contributed by atoms with Gasteiger partial charge in [0, 0.05) is 19.5 Å². The number of nitrogens with one attached hydrogen (secondary N) is 2. The minimum absolute atomic E-state index is 0.0937. The van der Waals surface area contributed by atoms with Gasteiger partial charge in [0.1, 0.15) is 5.82 Å². The van der Waals surface area contributed by atoms with Crippen molar-refractivity contribution in [3.05, 3.63) is 18.3 Å². The van der Waals surface area contributed by atoms with Crippen molar-refractivity contribution in [1.29, 1.82) is 0 Å². The minimum Gasteiger partial charge on any atom is -0.357 e. The topological polar surface area (TPSA) is 57.3 Å². The van der Waals surface area contributed by atoms with E-state index < -0.39 is 0 Å². The molecule has 0 saturated carbocycles. The third-order valence-electron chi connectivity index (χ3n) is 4.35. The number of anilines is 2. The molecule has 0 bridgehead atoms. The fourth-order valence-electron chi connectivity index (χ4n) is 3.13. The molecule has 114 valence electrons. The smallest absolute Gasteiger partial charge is 0.224 e. The van der Waals surface area contributed by atoms with Crippen molar-refractivity contribution in [3.8, 4) is 0 Å². The largest absolute Gasteiger partial charge is 0.357 e. The Balaban J connectivity index is 1.52. The molecule has 5 heteroatoms. The van der Waals surface area contributed by atoms with Crippen LogP contribution in [0.25, 0.3) is 0 Å². The maximum Gasteiger partial charge on any atom is 0.224 e. The third-order valence-corrected chi connectivity index (χ3v) is 4.35. The van der Waals surface area contributed by atoms with Gasteiger partial charge in [-0.1, -0.05) is 0 Å². The van der Waals surface area contributed by atoms with E-state index in [2.05, 4.69) is 20.5 Å². The van der Waals surface area contributed by atoms with Gasteiger partial charge in [0.25, 0.3) is 0 Å². The number of hydrogen-bond donors (Lipinski definition) is 2. The molecule has 21 heavy (non-hydrogen) atoms. The monoisotopic (exact) mass is 288 g/mol. The van der Waals surface area contributed by atoms with Crippen LogP contribution in [-0.4, -0.2) is 37.1 Å². The Kier molecular flexibility index (Phi) is 4.70. The fourth-order valence-corrected chi connectivity index (χ4v) is 3.13. The van der Waals surface area contributed by atoms with E-state index in [1.165, 1.54) is 19.3 Å². The number of aromatic nitrogens is 1. The van der Waals surface area contributed by atoms with Crippen LogP contribution in [0.15, 0.2) is 18.3 Å². The average molecular weight is 288 g/mol. The van der Waals surface area contributed by atoms with Crippen LogP contribution in [-0.2, 0) is 4.79 Å². The first kappa shape index (κ1) is 14.3. The summed E-state index contributed by atoms with van der Waals surface area (Å²) >= 11 is 0. The Morgan fingerprint density at radius 3 is 2.86 bits per heavy atom. The Labute approximate surface area is 126 Å². The number of carbonyl (C=O) groups is 1. The molecule has 3 heterocycles. The van der Waals surface area contributed by atoms with Crippen LogP contribution >= 0.6 is 0 Å². The standard InChI is InChI=1S/C16H24N4O/c21-16(10-13-6-7-17-11-13)19-14-4-5-15(18-12-14)20-8-2-1-3-9-20/h4-5,12-13,17H,1-3,6-11H2,(H,19,21). The molecule has 0 spiro atoms. The highest BCUT2D eigenvalue weighted by Gasteiger charge is 2.18. The molecule has 0 radical (unpaired) electrons. The van der Waals surface area contributed by atoms with Gasteiger partial charge < -0.3 is 15.5 Å². The summed E-state index contributed by atoms with van der Waals surface area (Å²) in [5, 5.41) is 6.24. The van der Waals surface area contributed by atoms with Crippen LogP contribution in [0, 0.1) is 5.92 Å². The molecule has 2 fully saturated rings. The lowest BCUT2D eigenvalue weighted by atomic mass is 10.0. The van der Waals surface area contributed by atoms with Crippen molar-refractivity contribution in [2.45, 2.75) is 32.1 Å². The minimum atomic E-state index is 0.0937. The molecule has 2 aliphatic heterocycles. The van der Waals surface area contributed by atoms with E-state index in [-0.39, 0.29) is 5.91 Å². The van der Waals surface area contributed by atoms with Gasteiger partial charge in [-0.3, -0.25) is 4.79 Å². The number of carbonyl (C=O) groups excluding carboxylic acids is 1. The highest BCUT2D eigenvalue weighted by Crippen LogP contribution is 2.19. The second-order valence-corrected chi connectivity index (χ2v) is 6.06. The van der Waals surface area contributed by atoms with Gasteiger partial charge >= 0.3 is 0 Å². The van der Waals surface area contributed by atoms with Gasteiger partial charge in [0.05, 0.1) is 11.9 Å². The number of nitrogens with zero attached hydrogens (tertiary/aromatic N) is 2. The maximum atomic E-state index is 12.0. The molecule has 2 aliphatic rings. The Bertz CT molecular complexity index is 462. The number of pyridine rings is 1. The van der Waals surface area contributed by atoms with Gasteiger partial charge in [-0.05, 0) is 56.8 Å². The van der Waals surface area contributed by atoms with Crippen LogP contribution in [0.3, 0.4) is 0 Å². The van der Waals surface area contributed by atoms with Gasteiger partial charge in [-0.2, -0.15) is 0 Å². The summed E-state index contributed by atoms with van der Waals surface area (Å²) in [5.41, 5.74) is 0.798. The van der Waals surface area contributed by atoms with Gasteiger partial charge in [0.15, 0.2) is 0 Å². The van der Waals surface area contributed by atoms with E-state index in [0.29, 0.717) is 12.3 Å². The quantitative estimate of drug-likeness (QED) is 0.890. The van der Waals surface area contributed by atoms with Crippen molar-refractivity contribution in [3.63, 3.8) is 0 Å². The molecule has 1 unspecified atom stereocenters. The van der Waals surface area contributed by atoms with E-state index in [1.807, 2.05) is 12.1 Å². The first-order valence-corrected chi connectivity index (χ1v) is 8.03. The number of piperidine rings is 1. The van der Waals surface area contributed by atoms with Crippen molar-refractivity contribution >= 4 is 17.4 Å². The zero-order chi connectivity index (χ0) is 14.5. The Hall–Kier alpha value is -1.62. The summed E-state index contributed by atoms with van der Waals surface area (Å²) in [7, 11) is 0. The molecule has 0 aromatic carbocycles. The van der Waals surface area contributed by atoms with Crippen LogP contribution in [0.2, 0.25) is 0 Å². The first-order valence-electron chi connectivity index (χ1n) is 8.03. The van der Waals surface area contributed by atoms with Crippen LogP contribution < -0.4 is 15.5 Å². The summed E-state index contributed by atoms with van der Waals surface area (Å²) in [4.78, 5) is 18.8. The van der Waals surface area contributed by atoms with Gasteiger partial charge in [-0.25, -0.2) is 4.98 Å². The van der Waals surface area contributed by atoms with Crippen LogP contribution in [0.4, 0.5) is 11.5 Å². The predicted molar refractivity (Wildman–Crippen MR) is 84.5 cm³/mol. The molecular formula is C16H24N4O. The maximum absolute atomic E-state index is 12.0. The van der Waals surface area contributed by atoms with Crippen molar-refractivity contribution in [2.75, 3.05) is 36.4 Å². The molecule has 2 saturated heterocycles. The Morgan fingerprint density at radius 2 is 2.19 bits per heavy atom. The number of amides is 1. The highest BCUT2D eigenvalue weighted by molar-refractivity contribution is 5.90. The first-order chi connectivity index (χ1) is 10.3. The average Bonchev–Trinajstić information content (AvgIpc) is 3.02. The zero-order valence-corrected chi connectivity index (χ0v) is 12.5. The molecular weight excluding hydrogens is 264 g/mol. The van der Waals surface area contributed by atoms with Crippen molar-refractivity contribution < 1.29 is 4.79 Å². The van der Waals surface area contributed by atoms with Gasteiger partial charge in [0.2, 0.25) is 5.91 Å². The second-order valence-electron chi connectivity index (χ2n) is 6.06. The van der Waals surface area contributed by atoms with E-state index in [1.54, 1.807) is 6.20 Å². The summed E-state index contributed by atoms with van der Waals surface area (Å²) in [6.07, 6.45) is 7.28. The van der Waals surface area contributed by atoms with Crippen molar-refractivity contribution in [2.24, 2.45) is 5.92 Å². The second kappa shape index (κ2) is 6.89. The number of rotatable bonds is 4. The SMILES string of the molecule is O=C(CC1CCNC1)Nc1ccc(N2CCCCC2)nc1. The molecule has 1 aromatic heterocycles. The van der Waals surface area contributed by atoms with Crippen molar-refractivity contribution in [1.82, 2.24) is 10.3 Å².